The van der Waals surface area contributed by atoms with Crippen LogP contribution in [0.3, 0.4) is 0 Å². The molecular weight excluding hydrogens is 193 g/mol. The summed E-state index contributed by atoms with van der Waals surface area (Å²) < 4.78 is 12.6. The lowest BCUT2D eigenvalue weighted by atomic mass is 10.1. The molecule has 0 aliphatic heterocycles. The quantitative estimate of drug-likeness (QED) is 0.624. The van der Waals surface area contributed by atoms with Crippen molar-refractivity contribution < 1.29 is 24.5 Å². The Morgan fingerprint density at radius 1 is 1.50 bits per heavy atom. The fourth-order valence-electron chi connectivity index (χ4n) is 0.880. The van der Waals surface area contributed by atoms with Gasteiger partial charge in [-0.05, 0) is 12.1 Å². The largest absolute Gasteiger partial charge is 0.479 e. The van der Waals surface area contributed by atoms with E-state index in [1.807, 2.05) is 0 Å². The maximum Gasteiger partial charge on any atom is 0.335 e. The second-order valence-electron chi connectivity index (χ2n) is 2.63. The second-order valence-corrected chi connectivity index (χ2v) is 2.63. The lowest BCUT2D eigenvalue weighted by Gasteiger charge is -2.12. The van der Waals surface area contributed by atoms with E-state index in [9.17, 15) is 14.3 Å². The van der Waals surface area contributed by atoms with E-state index in [2.05, 4.69) is 4.98 Å². The van der Waals surface area contributed by atoms with Gasteiger partial charge in [-0.25, -0.2) is 9.18 Å². The summed E-state index contributed by atoms with van der Waals surface area (Å²) in [6.07, 6.45) is -2.67. The van der Waals surface area contributed by atoms with Gasteiger partial charge in [0.15, 0.2) is 6.10 Å². The predicted octanol–water partition coefficient (Wildman–Crippen LogP) is -0.300. The van der Waals surface area contributed by atoms with E-state index in [0.717, 1.165) is 18.3 Å². The summed E-state index contributed by atoms with van der Waals surface area (Å²) in [5, 5.41) is 26.5. The van der Waals surface area contributed by atoms with Crippen LogP contribution in [0.1, 0.15) is 11.8 Å². The highest BCUT2D eigenvalue weighted by atomic mass is 19.1. The first kappa shape index (κ1) is 10.6. The molecular formula is C8H8FNO4. The molecule has 5 nitrogen and oxygen atoms in total. The van der Waals surface area contributed by atoms with Crippen LogP contribution in [0.15, 0.2) is 18.3 Å². The van der Waals surface area contributed by atoms with Crippen molar-refractivity contribution in [3.63, 3.8) is 0 Å². The molecule has 76 valence electrons. The van der Waals surface area contributed by atoms with Gasteiger partial charge < -0.3 is 15.3 Å². The summed E-state index contributed by atoms with van der Waals surface area (Å²) in [5.74, 6) is -2.25. The van der Waals surface area contributed by atoms with Crippen molar-refractivity contribution in [2.24, 2.45) is 0 Å². The van der Waals surface area contributed by atoms with Crippen molar-refractivity contribution in [1.82, 2.24) is 4.98 Å². The van der Waals surface area contributed by atoms with E-state index in [4.69, 9.17) is 10.2 Å². The Hall–Kier alpha value is -1.53. The summed E-state index contributed by atoms with van der Waals surface area (Å²) in [7, 11) is 0. The van der Waals surface area contributed by atoms with Crippen molar-refractivity contribution in [1.29, 1.82) is 0 Å². The molecule has 2 unspecified atom stereocenters. The standard InChI is InChI=1S/C8H8FNO4/c9-4-1-2-10-5(3-4)6(11)7(12)8(13)14/h1-3,6-7,11-12H,(H,13,14). The van der Waals surface area contributed by atoms with Crippen LogP contribution in [0.5, 0.6) is 0 Å². The highest BCUT2D eigenvalue weighted by Gasteiger charge is 2.26. The van der Waals surface area contributed by atoms with E-state index in [0.29, 0.717) is 0 Å². The van der Waals surface area contributed by atoms with Gasteiger partial charge in [0.1, 0.15) is 11.9 Å². The van der Waals surface area contributed by atoms with Crippen LogP contribution in [-0.4, -0.2) is 32.4 Å². The minimum atomic E-state index is -2.01. The molecule has 0 amide bonds. The Labute approximate surface area is 78.5 Å². The van der Waals surface area contributed by atoms with Crippen molar-refractivity contribution in [2.75, 3.05) is 0 Å². The molecule has 0 aliphatic rings. The fraction of sp³-hybridized carbons (Fsp3) is 0.250. The molecule has 14 heavy (non-hydrogen) atoms. The number of carboxylic acid groups (broad SMARTS) is 1. The molecule has 2 atom stereocenters. The minimum Gasteiger partial charge on any atom is -0.479 e. The molecule has 0 saturated heterocycles. The molecule has 0 aromatic carbocycles. The van der Waals surface area contributed by atoms with Gasteiger partial charge in [-0.15, -0.1) is 0 Å². The van der Waals surface area contributed by atoms with Crippen LogP contribution < -0.4 is 0 Å². The van der Waals surface area contributed by atoms with Crippen LogP contribution in [0, 0.1) is 5.82 Å². The number of halogens is 1. The minimum absolute atomic E-state index is 0.222. The highest BCUT2D eigenvalue weighted by molar-refractivity contribution is 5.72. The third-order valence-corrected chi connectivity index (χ3v) is 1.60. The van der Waals surface area contributed by atoms with Crippen LogP contribution in [0.2, 0.25) is 0 Å². The van der Waals surface area contributed by atoms with E-state index in [-0.39, 0.29) is 5.69 Å². The summed E-state index contributed by atoms with van der Waals surface area (Å²) in [6.45, 7) is 0. The van der Waals surface area contributed by atoms with E-state index >= 15 is 0 Å². The smallest absolute Gasteiger partial charge is 0.335 e. The molecule has 0 aliphatic carbocycles. The maximum absolute atomic E-state index is 12.6. The summed E-state index contributed by atoms with van der Waals surface area (Å²) in [4.78, 5) is 13.8. The average Bonchev–Trinajstić information content (AvgIpc) is 2.15. The van der Waals surface area contributed by atoms with Gasteiger partial charge in [-0.3, -0.25) is 4.98 Å². The Bertz CT molecular complexity index is 344. The van der Waals surface area contributed by atoms with Crippen LogP contribution in [0.4, 0.5) is 4.39 Å². The van der Waals surface area contributed by atoms with Crippen LogP contribution in [-0.2, 0) is 4.79 Å². The number of hydrogen-bond acceptors (Lipinski definition) is 4. The highest BCUT2D eigenvalue weighted by Crippen LogP contribution is 2.15. The lowest BCUT2D eigenvalue weighted by molar-refractivity contribution is -0.153. The molecule has 3 N–H and O–H groups in total. The van der Waals surface area contributed by atoms with Crippen LogP contribution in [0.25, 0.3) is 0 Å². The number of nitrogens with zero attached hydrogens (tertiary/aromatic N) is 1. The molecule has 1 aromatic rings. The zero-order valence-electron chi connectivity index (χ0n) is 6.96. The predicted molar refractivity (Wildman–Crippen MR) is 42.8 cm³/mol. The van der Waals surface area contributed by atoms with Crippen molar-refractivity contribution >= 4 is 5.97 Å². The van der Waals surface area contributed by atoms with Gasteiger partial charge in [-0.2, -0.15) is 0 Å². The number of hydrogen-bond donors (Lipinski definition) is 3. The molecule has 0 bridgehead atoms. The van der Waals surface area contributed by atoms with Crippen molar-refractivity contribution in [3.8, 4) is 0 Å². The van der Waals surface area contributed by atoms with Gasteiger partial charge in [0, 0.05) is 6.20 Å². The lowest BCUT2D eigenvalue weighted by Crippen LogP contribution is -2.28. The van der Waals surface area contributed by atoms with Gasteiger partial charge in [0.2, 0.25) is 0 Å². The normalized spacial score (nSPS) is 14.8. The second kappa shape index (κ2) is 4.12. The van der Waals surface area contributed by atoms with E-state index in [1.165, 1.54) is 0 Å². The van der Waals surface area contributed by atoms with Gasteiger partial charge >= 0.3 is 5.97 Å². The zero-order chi connectivity index (χ0) is 10.7. The third kappa shape index (κ3) is 2.24. The first-order chi connectivity index (χ1) is 6.52. The number of aliphatic hydroxyl groups is 2. The van der Waals surface area contributed by atoms with Crippen molar-refractivity contribution in [2.45, 2.75) is 12.2 Å². The van der Waals surface area contributed by atoms with Gasteiger partial charge in [0.05, 0.1) is 5.69 Å². The number of pyridine rings is 1. The Morgan fingerprint density at radius 3 is 2.64 bits per heavy atom. The number of carbonyl (C=O) groups is 1. The Kier molecular flexibility index (Phi) is 3.10. The molecule has 0 fully saturated rings. The number of aliphatic hydroxyl groups excluding tert-OH is 2. The number of aromatic nitrogens is 1. The SMILES string of the molecule is O=C(O)C(O)C(O)c1cc(F)ccn1. The monoisotopic (exact) mass is 201 g/mol. The molecule has 0 radical (unpaired) electrons. The maximum atomic E-state index is 12.6. The fourth-order valence-corrected chi connectivity index (χ4v) is 0.880. The summed E-state index contributed by atoms with van der Waals surface area (Å²) in [6, 6.07) is 1.90. The van der Waals surface area contributed by atoms with E-state index < -0.39 is 24.0 Å². The van der Waals surface area contributed by atoms with Crippen molar-refractivity contribution in [3.05, 3.63) is 29.8 Å². The number of rotatable bonds is 3. The van der Waals surface area contributed by atoms with E-state index in [1.54, 1.807) is 0 Å². The van der Waals surface area contributed by atoms with Gasteiger partial charge in [-0.1, -0.05) is 0 Å². The Balaban J connectivity index is 2.89. The molecule has 6 heteroatoms. The third-order valence-electron chi connectivity index (χ3n) is 1.60. The molecule has 1 aromatic heterocycles. The van der Waals surface area contributed by atoms with Gasteiger partial charge in [0.25, 0.3) is 0 Å². The zero-order valence-corrected chi connectivity index (χ0v) is 6.96. The molecule has 1 heterocycles. The van der Waals surface area contributed by atoms with Crippen LogP contribution >= 0.6 is 0 Å². The first-order valence-electron chi connectivity index (χ1n) is 3.72. The average molecular weight is 201 g/mol. The summed E-state index contributed by atoms with van der Waals surface area (Å²) in [5.41, 5.74) is -0.222. The number of aliphatic carboxylic acids is 1. The topological polar surface area (TPSA) is 90.7 Å². The molecule has 0 saturated carbocycles. The molecule has 0 spiro atoms. The number of carboxylic acids is 1. The summed E-state index contributed by atoms with van der Waals surface area (Å²) >= 11 is 0. The molecule has 1 rings (SSSR count). The Morgan fingerprint density at radius 2 is 2.14 bits per heavy atom. The first-order valence-corrected chi connectivity index (χ1v) is 3.72.